The first-order valence-electron chi connectivity index (χ1n) is 6.99. The first-order chi connectivity index (χ1) is 10.2. The summed E-state index contributed by atoms with van der Waals surface area (Å²) >= 11 is 0. The quantitative estimate of drug-likeness (QED) is 0.483. The van der Waals surface area contributed by atoms with Crippen molar-refractivity contribution in [2.24, 2.45) is 5.16 Å². The summed E-state index contributed by atoms with van der Waals surface area (Å²) in [6, 6.07) is 7.91. The van der Waals surface area contributed by atoms with Crippen LogP contribution in [0.4, 0.5) is 0 Å². The molecular weight excluding hydrogens is 268 g/mol. The van der Waals surface area contributed by atoms with Crippen molar-refractivity contribution in [2.45, 2.75) is 39.8 Å². The van der Waals surface area contributed by atoms with E-state index in [1.807, 2.05) is 35.9 Å². The Morgan fingerprint density at radius 2 is 2.10 bits per heavy atom. The molecule has 21 heavy (non-hydrogen) atoms. The number of benzene rings is 1. The molecule has 2 aromatic rings. The molecule has 0 spiro atoms. The van der Waals surface area contributed by atoms with Crippen molar-refractivity contribution in [3.8, 4) is 5.75 Å². The molecule has 6 nitrogen and oxygen atoms in total. The molecule has 1 aromatic carbocycles. The van der Waals surface area contributed by atoms with Gasteiger partial charge < -0.3 is 9.94 Å². The van der Waals surface area contributed by atoms with Gasteiger partial charge in [-0.3, -0.25) is 0 Å². The Morgan fingerprint density at radius 3 is 2.76 bits per heavy atom. The van der Waals surface area contributed by atoms with Crippen molar-refractivity contribution in [1.29, 1.82) is 0 Å². The Kier molecular flexibility index (Phi) is 5.31. The highest BCUT2D eigenvalue weighted by Gasteiger charge is 2.04. The molecule has 0 aliphatic heterocycles. The van der Waals surface area contributed by atoms with Gasteiger partial charge in [-0.2, -0.15) is 5.10 Å². The molecule has 0 radical (unpaired) electrons. The predicted octanol–water partition coefficient (Wildman–Crippen LogP) is 2.66. The molecule has 0 unspecified atom stereocenters. The van der Waals surface area contributed by atoms with E-state index in [0.29, 0.717) is 6.61 Å². The molecule has 0 aliphatic rings. The summed E-state index contributed by atoms with van der Waals surface area (Å²) in [6.45, 7) is 5.01. The molecule has 2 rings (SSSR count). The average Bonchev–Trinajstić information content (AvgIpc) is 2.99. The fourth-order valence-corrected chi connectivity index (χ4v) is 1.94. The van der Waals surface area contributed by atoms with E-state index in [4.69, 9.17) is 9.94 Å². The van der Waals surface area contributed by atoms with E-state index in [0.717, 1.165) is 36.7 Å². The number of aryl methyl sites for hydroxylation is 2. The maximum absolute atomic E-state index is 8.62. The zero-order valence-electron chi connectivity index (χ0n) is 12.4. The highest BCUT2D eigenvalue weighted by molar-refractivity contribution is 5.81. The van der Waals surface area contributed by atoms with E-state index in [1.165, 1.54) is 11.9 Å². The number of rotatable bonds is 7. The number of aromatic nitrogens is 3. The van der Waals surface area contributed by atoms with Gasteiger partial charge in [0.2, 0.25) is 0 Å². The van der Waals surface area contributed by atoms with Gasteiger partial charge in [-0.1, -0.05) is 17.3 Å². The zero-order chi connectivity index (χ0) is 15.1. The van der Waals surface area contributed by atoms with E-state index in [-0.39, 0.29) is 0 Å². The standard InChI is InChI=1S/C15H20N4O2/c1-3-19-15(16-11-17-19)10-21-14-8-6-13(7-9-14)5-4-12(2)18-20/h6-9,11,20H,3-5,10H2,1-2H3. The van der Waals surface area contributed by atoms with Gasteiger partial charge in [0.15, 0.2) is 5.82 Å². The van der Waals surface area contributed by atoms with Gasteiger partial charge in [-0.15, -0.1) is 0 Å². The summed E-state index contributed by atoms with van der Waals surface area (Å²) in [6.07, 6.45) is 3.13. The normalized spacial score (nSPS) is 11.6. The lowest BCUT2D eigenvalue weighted by atomic mass is 10.1. The molecule has 0 aliphatic carbocycles. The highest BCUT2D eigenvalue weighted by Crippen LogP contribution is 2.15. The van der Waals surface area contributed by atoms with Gasteiger partial charge in [-0.25, -0.2) is 9.67 Å². The Labute approximate surface area is 124 Å². The van der Waals surface area contributed by atoms with Crippen LogP contribution in [-0.2, 0) is 19.6 Å². The van der Waals surface area contributed by atoms with Crippen molar-refractivity contribution in [3.05, 3.63) is 42.0 Å². The fourth-order valence-electron chi connectivity index (χ4n) is 1.94. The Morgan fingerprint density at radius 1 is 1.33 bits per heavy atom. The second-order valence-corrected chi connectivity index (χ2v) is 4.76. The minimum Gasteiger partial charge on any atom is -0.486 e. The summed E-state index contributed by atoms with van der Waals surface area (Å²) in [7, 11) is 0. The molecule has 0 bridgehead atoms. The molecule has 0 fully saturated rings. The lowest BCUT2D eigenvalue weighted by molar-refractivity contribution is 0.287. The lowest BCUT2D eigenvalue weighted by Crippen LogP contribution is -2.07. The average molecular weight is 288 g/mol. The zero-order valence-corrected chi connectivity index (χ0v) is 12.4. The maximum Gasteiger partial charge on any atom is 0.164 e. The fraction of sp³-hybridized carbons (Fsp3) is 0.400. The summed E-state index contributed by atoms with van der Waals surface area (Å²) in [5.74, 6) is 1.62. The molecule has 0 saturated carbocycles. The first kappa shape index (κ1) is 15.0. The summed E-state index contributed by atoms with van der Waals surface area (Å²) in [5.41, 5.74) is 1.91. The monoisotopic (exact) mass is 288 g/mol. The largest absolute Gasteiger partial charge is 0.486 e. The van der Waals surface area contributed by atoms with Crippen LogP contribution in [0.15, 0.2) is 35.7 Å². The predicted molar refractivity (Wildman–Crippen MR) is 79.7 cm³/mol. The SMILES string of the molecule is CCn1ncnc1COc1ccc(CCC(C)=NO)cc1. The molecular formula is C15H20N4O2. The van der Waals surface area contributed by atoms with Gasteiger partial charge in [0.1, 0.15) is 18.7 Å². The van der Waals surface area contributed by atoms with Crippen LogP contribution in [0.5, 0.6) is 5.75 Å². The third-order valence-electron chi connectivity index (χ3n) is 3.23. The van der Waals surface area contributed by atoms with Crippen molar-refractivity contribution >= 4 is 5.71 Å². The molecule has 0 saturated heterocycles. The van der Waals surface area contributed by atoms with Gasteiger partial charge in [-0.05, 0) is 44.4 Å². The van der Waals surface area contributed by atoms with Crippen LogP contribution in [0, 0.1) is 0 Å². The van der Waals surface area contributed by atoms with Crippen LogP contribution >= 0.6 is 0 Å². The topological polar surface area (TPSA) is 72.5 Å². The number of hydrogen-bond donors (Lipinski definition) is 1. The molecule has 6 heteroatoms. The summed E-state index contributed by atoms with van der Waals surface area (Å²) in [4.78, 5) is 4.17. The Hall–Kier alpha value is -2.37. The minimum absolute atomic E-state index is 0.406. The van der Waals surface area contributed by atoms with E-state index in [2.05, 4.69) is 15.2 Å². The molecule has 0 amide bonds. The van der Waals surface area contributed by atoms with E-state index < -0.39 is 0 Å². The van der Waals surface area contributed by atoms with Crippen LogP contribution in [0.3, 0.4) is 0 Å². The van der Waals surface area contributed by atoms with Gasteiger partial charge in [0.25, 0.3) is 0 Å². The number of ether oxygens (including phenoxy) is 1. The van der Waals surface area contributed by atoms with Crippen LogP contribution in [0.2, 0.25) is 0 Å². The van der Waals surface area contributed by atoms with Gasteiger partial charge >= 0.3 is 0 Å². The lowest BCUT2D eigenvalue weighted by Gasteiger charge is -2.07. The van der Waals surface area contributed by atoms with Gasteiger partial charge in [0.05, 0.1) is 5.71 Å². The van der Waals surface area contributed by atoms with E-state index in [1.54, 1.807) is 6.92 Å². The first-order valence-corrected chi connectivity index (χ1v) is 6.99. The van der Waals surface area contributed by atoms with Crippen LogP contribution in [0.1, 0.15) is 31.7 Å². The van der Waals surface area contributed by atoms with Crippen LogP contribution < -0.4 is 4.74 Å². The summed E-state index contributed by atoms with van der Waals surface area (Å²) < 4.78 is 7.52. The molecule has 0 atom stereocenters. The van der Waals surface area contributed by atoms with Crippen molar-refractivity contribution < 1.29 is 9.94 Å². The maximum atomic E-state index is 8.62. The Bertz CT molecular complexity index is 590. The number of hydrogen-bond acceptors (Lipinski definition) is 5. The van der Waals surface area contributed by atoms with Gasteiger partial charge in [0, 0.05) is 6.54 Å². The van der Waals surface area contributed by atoms with Crippen molar-refractivity contribution in [2.75, 3.05) is 0 Å². The van der Waals surface area contributed by atoms with Crippen LogP contribution in [0.25, 0.3) is 0 Å². The molecule has 1 N–H and O–H groups in total. The smallest absolute Gasteiger partial charge is 0.164 e. The second kappa shape index (κ2) is 7.42. The number of nitrogens with zero attached hydrogens (tertiary/aromatic N) is 4. The van der Waals surface area contributed by atoms with Crippen LogP contribution in [-0.4, -0.2) is 25.7 Å². The highest BCUT2D eigenvalue weighted by atomic mass is 16.5. The second-order valence-electron chi connectivity index (χ2n) is 4.76. The minimum atomic E-state index is 0.406. The third-order valence-corrected chi connectivity index (χ3v) is 3.23. The number of oxime groups is 1. The Balaban J connectivity index is 1.87. The summed E-state index contributed by atoms with van der Waals surface area (Å²) in [5, 5.41) is 15.9. The van der Waals surface area contributed by atoms with E-state index in [9.17, 15) is 0 Å². The van der Waals surface area contributed by atoms with Crippen molar-refractivity contribution in [1.82, 2.24) is 14.8 Å². The molecule has 1 aromatic heterocycles. The van der Waals surface area contributed by atoms with Crippen molar-refractivity contribution in [3.63, 3.8) is 0 Å². The van der Waals surface area contributed by atoms with E-state index >= 15 is 0 Å². The molecule has 1 heterocycles. The molecule has 112 valence electrons. The third kappa shape index (κ3) is 4.30.